The average molecular weight is 550 g/mol. The van der Waals surface area contributed by atoms with Crippen molar-refractivity contribution in [1.29, 1.82) is 0 Å². The first-order valence-corrected chi connectivity index (χ1v) is 11.5. The van der Waals surface area contributed by atoms with Gasteiger partial charge in [0, 0.05) is 0 Å². The van der Waals surface area contributed by atoms with E-state index in [1.807, 2.05) is 0 Å². The molecule has 0 unspecified atom stereocenters. The summed E-state index contributed by atoms with van der Waals surface area (Å²) in [6, 6.07) is 9.59. The topological polar surface area (TPSA) is 108 Å². The number of rotatable bonds is 8. The van der Waals surface area contributed by atoms with Gasteiger partial charge in [-0.05, 0) is 82.7 Å². The van der Waals surface area contributed by atoms with Crippen LogP contribution >= 0.6 is 27.7 Å². The molecule has 1 aliphatic heterocycles. The second-order valence-corrected chi connectivity index (χ2v) is 8.57. The number of methoxy groups -OCH3 is 2. The lowest BCUT2D eigenvalue weighted by atomic mass is 10.1. The zero-order valence-electron chi connectivity index (χ0n) is 18.5. The van der Waals surface area contributed by atoms with Crippen LogP contribution in [0.3, 0.4) is 0 Å². The van der Waals surface area contributed by atoms with Crippen molar-refractivity contribution in [3.05, 3.63) is 56.9 Å². The summed E-state index contributed by atoms with van der Waals surface area (Å²) in [7, 11) is 2.93. The van der Waals surface area contributed by atoms with Gasteiger partial charge in [0.25, 0.3) is 11.1 Å². The van der Waals surface area contributed by atoms with E-state index in [2.05, 4.69) is 15.9 Å². The second-order valence-electron chi connectivity index (χ2n) is 6.73. The zero-order chi connectivity index (χ0) is 24.8. The Balaban J connectivity index is 1.82. The molecule has 0 aromatic heterocycles. The fourth-order valence-electron chi connectivity index (χ4n) is 2.92. The summed E-state index contributed by atoms with van der Waals surface area (Å²) in [5.41, 5.74) is 0.823. The van der Waals surface area contributed by atoms with E-state index in [-0.39, 0.29) is 23.0 Å². The molecule has 1 aliphatic rings. The molecule has 0 bridgehead atoms. The van der Waals surface area contributed by atoms with Crippen molar-refractivity contribution >= 4 is 56.9 Å². The van der Waals surface area contributed by atoms with Crippen LogP contribution in [0.2, 0.25) is 0 Å². The Labute approximate surface area is 208 Å². The van der Waals surface area contributed by atoms with E-state index in [1.54, 1.807) is 43.3 Å². The quantitative estimate of drug-likeness (QED) is 0.270. The minimum absolute atomic E-state index is 0.131. The largest absolute Gasteiger partial charge is 0.497 e. The molecule has 0 radical (unpaired) electrons. The summed E-state index contributed by atoms with van der Waals surface area (Å²) in [6.07, 6.45) is 1.48. The number of halogens is 1. The van der Waals surface area contributed by atoms with Gasteiger partial charge in [0.1, 0.15) is 12.3 Å². The monoisotopic (exact) mass is 549 g/mol. The third-order valence-electron chi connectivity index (χ3n) is 4.54. The van der Waals surface area contributed by atoms with Crippen molar-refractivity contribution < 1.29 is 38.1 Å². The third-order valence-corrected chi connectivity index (χ3v) is 6.03. The number of carbonyl (C=O) groups excluding carboxylic acids is 4. The summed E-state index contributed by atoms with van der Waals surface area (Å²) >= 11 is 4.07. The molecule has 1 fully saturated rings. The van der Waals surface area contributed by atoms with Crippen LogP contribution in [0.25, 0.3) is 6.08 Å². The molecule has 2 amide bonds. The second kappa shape index (κ2) is 11.2. The Morgan fingerprint density at radius 1 is 1.09 bits per heavy atom. The maximum absolute atomic E-state index is 12.6. The van der Waals surface area contributed by atoms with E-state index in [0.29, 0.717) is 33.1 Å². The minimum Gasteiger partial charge on any atom is -0.497 e. The van der Waals surface area contributed by atoms with Crippen LogP contribution in [0.4, 0.5) is 4.79 Å². The normalized spacial score (nSPS) is 14.4. The third kappa shape index (κ3) is 5.78. The Morgan fingerprint density at radius 3 is 2.41 bits per heavy atom. The highest BCUT2D eigenvalue weighted by atomic mass is 79.9. The molecule has 1 heterocycles. The average Bonchev–Trinajstić information content (AvgIpc) is 3.07. The number of amides is 2. The van der Waals surface area contributed by atoms with Crippen molar-refractivity contribution in [2.75, 3.05) is 27.4 Å². The van der Waals surface area contributed by atoms with Crippen molar-refractivity contribution in [2.45, 2.75) is 6.92 Å². The molecule has 2 aromatic carbocycles. The summed E-state index contributed by atoms with van der Waals surface area (Å²) < 4.78 is 21.2. The Bertz CT molecular complexity index is 1160. The summed E-state index contributed by atoms with van der Waals surface area (Å²) in [4.78, 5) is 50.0. The van der Waals surface area contributed by atoms with E-state index < -0.39 is 29.6 Å². The first-order valence-electron chi connectivity index (χ1n) is 9.92. The maximum atomic E-state index is 12.6. The molecule has 2 aromatic rings. The molecule has 11 heteroatoms. The fourth-order valence-corrected chi connectivity index (χ4v) is 4.30. The Kier molecular flexibility index (Phi) is 8.35. The van der Waals surface area contributed by atoms with Gasteiger partial charge in [-0.3, -0.25) is 19.3 Å². The van der Waals surface area contributed by atoms with Crippen molar-refractivity contribution in [2.24, 2.45) is 0 Å². The van der Waals surface area contributed by atoms with Crippen LogP contribution in [0.5, 0.6) is 17.2 Å². The highest BCUT2D eigenvalue weighted by Crippen LogP contribution is 2.39. The van der Waals surface area contributed by atoms with Crippen molar-refractivity contribution in [3.63, 3.8) is 0 Å². The Morgan fingerprint density at radius 2 is 1.79 bits per heavy atom. The molecular weight excluding hydrogens is 530 g/mol. The van der Waals surface area contributed by atoms with E-state index >= 15 is 0 Å². The van der Waals surface area contributed by atoms with Gasteiger partial charge in [-0.1, -0.05) is 0 Å². The highest BCUT2D eigenvalue weighted by Gasteiger charge is 2.36. The SMILES string of the molecule is CCOC(=O)CN1C(=O)S/C(=C\c2cc(Br)c(OC(=O)c3ccc(OC)cc3)c(OC)c2)C1=O. The molecule has 0 saturated carbocycles. The van der Waals surface area contributed by atoms with Gasteiger partial charge in [-0.2, -0.15) is 0 Å². The van der Waals surface area contributed by atoms with Crippen LogP contribution < -0.4 is 14.2 Å². The molecule has 0 aliphatic carbocycles. The molecule has 9 nitrogen and oxygen atoms in total. The van der Waals surface area contributed by atoms with E-state index in [0.717, 1.165) is 4.90 Å². The molecule has 1 saturated heterocycles. The van der Waals surface area contributed by atoms with Gasteiger partial charge in [0.2, 0.25) is 0 Å². The van der Waals surface area contributed by atoms with Crippen LogP contribution in [0.15, 0.2) is 45.8 Å². The van der Waals surface area contributed by atoms with Gasteiger partial charge >= 0.3 is 11.9 Å². The lowest BCUT2D eigenvalue weighted by Gasteiger charge is -2.13. The number of hydrogen-bond acceptors (Lipinski definition) is 9. The zero-order valence-corrected chi connectivity index (χ0v) is 20.9. The molecular formula is C23H20BrNO8S. The first-order chi connectivity index (χ1) is 16.3. The minimum atomic E-state index is -0.668. The van der Waals surface area contributed by atoms with Gasteiger partial charge in [-0.15, -0.1) is 0 Å². The maximum Gasteiger partial charge on any atom is 0.343 e. The van der Waals surface area contributed by atoms with Gasteiger partial charge < -0.3 is 18.9 Å². The van der Waals surface area contributed by atoms with Crippen molar-refractivity contribution in [1.82, 2.24) is 4.90 Å². The van der Waals surface area contributed by atoms with E-state index in [9.17, 15) is 19.2 Å². The molecule has 0 atom stereocenters. The van der Waals surface area contributed by atoms with Crippen molar-refractivity contribution in [3.8, 4) is 17.2 Å². The van der Waals surface area contributed by atoms with Crippen LogP contribution in [-0.4, -0.2) is 55.4 Å². The smallest absolute Gasteiger partial charge is 0.343 e. The molecule has 0 N–H and O–H groups in total. The Hall–Kier alpha value is -3.31. The molecule has 34 heavy (non-hydrogen) atoms. The van der Waals surface area contributed by atoms with Crippen LogP contribution in [0, 0.1) is 0 Å². The highest BCUT2D eigenvalue weighted by molar-refractivity contribution is 9.10. The predicted molar refractivity (Wildman–Crippen MR) is 128 cm³/mol. The molecule has 178 valence electrons. The predicted octanol–water partition coefficient (Wildman–Crippen LogP) is 4.28. The summed E-state index contributed by atoms with van der Waals surface area (Å²) in [5.74, 6) is -0.892. The number of thioether (sulfide) groups is 1. The molecule has 3 rings (SSSR count). The summed E-state index contributed by atoms with van der Waals surface area (Å²) in [5, 5.41) is -0.569. The number of esters is 2. The number of hydrogen-bond donors (Lipinski definition) is 0. The number of carbonyl (C=O) groups is 4. The lowest BCUT2D eigenvalue weighted by molar-refractivity contribution is -0.145. The number of ether oxygens (including phenoxy) is 4. The summed E-state index contributed by atoms with van der Waals surface area (Å²) in [6.45, 7) is 1.33. The number of imide groups is 1. The lowest BCUT2D eigenvalue weighted by Crippen LogP contribution is -2.34. The molecule has 0 spiro atoms. The number of nitrogens with zero attached hydrogens (tertiary/aromatic N) is 1. The number of benzene rings is 2. The van der Waals surface area contributed by atoms with E-state index in [4.69, 9.17) is 18.9 Å². The van der Waals surface area contributed by atoms with Gasteiger partial charge in [0.05, 0.1) is 35.8 Å². The van der Waals surface area contributed by atoms with Gasteiger partial charge in [-0.25, -0.2) is 4.79 Å². The van der Waals surface area contributed by atoms with Gasteiger partial charge in [0.15, 0.2) is 11.5 Å². The van der Waals surface area contributed by atoms with Crippen LogP contribution in [-0.2, 0) is 14.3 Å². The first kappa shape index (κ1) is 25.3. The van der Waals surface area contributed by atoms with E-state index in [1.165, 1.54) is 20.3 Å². The van der Waals surface area contributed by atoms with Crippen LogP contribution in [0.1, 0.15) is 22.8 Å². The fraction of sp³-hybridized carbons (Fsp3) is 0.217. The standard InChI is InChI=1S/C23H20BrNO8S/c1-4-32-19(26)12-25-21(27)18(34-23(25)29)11-13-9-16(24)20(17(10-13)31-3)33-22(28)14-5-7-15(30-2)8-6-14/h5-11H,4,12H2,1-3H3/b18-11-.